The molecule has 21 heavy (non-hydrogen) atoms. The van der Waals surface area contributed by atoms with Crippen molar-refractivity contribution in [3.05, 3.63) is 35.4 Å². The van der Waals surface area contributed by atoms with Crippen LogP contribution in [-0.4, -0.2) is 43.0 Å². The van der Waals surface area contributed by atoms with Crippen molar-refractivity contribution in [3.63, 3.8) is 0 Å². The van der Waals surface area contributed by atoms with Gasteiger partial charge in [0.2, 0.25) is 5.91 Å². The van der Waals surface area contributed by atoms with Gasteiger partial charge in [-0.05, 0) is 44.0 Å². The Morgan fingerprint density at radius 2 is 2.14 bits per heavy atom. The number of benzene rings is 1. The number of rotatable bonds is 4. The van der Waals surface area contributed by atoms with E-state index in [1.165, 1.54) is 37.1 Å². The second-order valence-electron chi connectivity index (χ2n) is 6.30. The van der Waals surface area contributed by atoms with Crippen molar-refractivity contribution < 1.29 is 4.79 Å². The first-order valence-corrected chi connectivity index (χ1v) is 8.05. The third-order valence-electron chi connectivity index (χ3n) is 4.53. The predicted octanol–water partition coefficient (Wildman–Crippen LogP) is 1.47. The number of hydrogen-bond donors (Lipinski definition) is 2. The standard InChI is InChI=1S/C17H25N3O/c1-13(12-20-8-4-5-9-20)19-17(21)16-11-18-10-14-6-2-3-7-15(14)16/h2-3,6-7,13,16,18H,4-5,8-12H2,1H3,(H,19,21). The van der Waals surface area contributed by atoms with Gasteiger partial charge in [-0.3, -0.25) is 4.79 Å². The molecule has 2 atom stereocenters. The van der Waals surface area contributed by atoms with Crippen molar-refractivity contribution in [3.8, 4) is 0 Å². The lowest BCUT2D eigenvalue weighted by Gasteiger charge is -2.28. The lowest BCUT2D eigenvalue weighted by molar-refractivity contribution is -0.123. The van der Waals surface area contributed by atoms with E-state index < -0.39 is 0 Å². The summed E-state index contributed by atoms with van der Waals surface area (Å²) >= 11 is 0. The van der Waals surface area contributed by atoms with Gasteiger partial charge in [0.05, 0.1) is 5.92 Å². The van der Waals surface area contributed by atoms with Gasteiger partial charge in [-0.1, -0.05) is 24.3 Å². The number of nitrogens with zero attached hydrogens (tertiary/aromatic N) is 1. The van der Waals surface area contributed by atoms with Crippen LogP contribution in [0.25, 0.3) is 0 Å². The van der Waals surface area contributed by atoms with Crippen LogP contribution in [0.3, 0.4) is 0 Å². The number of nitrogens with one attached hydrogen (secondary N) is 2. The Balaban J connectivity index is 1.60. The second kappa shape index (κ2) is 6.58. The van der Waals surface area contributed by atoms with Gasteiger partial charge in [0.15, 0.2) is 0 Å². The largest absolute Gasteiger partial charge is 0.352 e. The monoisotopic (exact) mass is 287 g/mol. The minimum Gasteiger partial charge on any atom is -0.352 e. The molecule has 4 heteroatoms. The van der Waals surface area contributed by atoms with Gasteiger partial charge in [-0.25, -0.2) is 0 Å². The molecular weight excluding hydrogens is 262 g/mol. The highest BCUT2D eigenvalue weighted by Gasteiger charge is 2.27. The van der Waals surface area contributed by atoms with Crippen LogP contribution in [0.2, 0.25) is 0 Å². The Morgan fingerprint density at radius 3 is 2.95 bits per heavy atom. The zero-order chi connectivity index (χ0) is 14.7. The lowest BCUT2D eigenvalue weighted by atomic mass is 9.90. The van der Waals surface area contributed by atoms with E-state index in [0.29, 0.717) is 0 Å². The Morgan fingerprint density at radius 1 is 1.38 bits per heavy atom. The molecule has 114 valence electrons. The highest BCUT2D eigenvalue weighted by molar-refractivity contribution is 5.84. The van der Waals surface area contributed by atoms with Gasteiger partial charge < -0.3 is 15.5 Å². The van der Waals surface area contributed by atoms with E-state index in [2.05, 4.69) is 34.6 Å². The number of carbonyl (C=O) groups excluding carboxylic acids is 1. The maximum absolute atomic E-state index is 12.6. The fraction of sp³-hybridized carbons (Fsp3) is 0.588. The fourth-order valence-electron chi connectivity index (χ4n) is 3.47. The molecule has 2 N–H and O–H groups in total. The van der Waals surface area contributed by atoms with Crippen LogP contribution in [0.5, 0.6) is 0 Å². The highest BCUT2D eigenvalue weighted by Crippen LogP contribution is 2.24. The molecule has 0 aliphatic carbocycles. The SMILES string of the molecule is CC(CN1CCCC1)NC(=O)C1CNCc2ccccc21. The summed E-state index contributed by atoms with van der Waals surface area (Å²) < 4.78 is 0. The van der Waals surface area contributed by atoms with Gasteiger partial charge in [0, 0.05) is 25.7 Å². The van der Waals surface area contributed by atoms with E-state index in [0.717, 1.165) is 19.6 Å². The zero-order valence-electron chi connectivity index (χ0n) is 12.8. The number of likely N-dealkylation sites (tertiary alicyclic amines) is 1. The maximum Gasteiger partial charge on any atom is 0.229 e. The molecular formula is C17H25N3O. The molecule has 0 aromatic heterocycles. The van der Waals surface area contributed by atoms with Crippen molar-refractivity contribution in [2.75, 3.05) is 26.2 Å². The average Bonchev–Trinajstić information content (AvgIpc) is 2.99. The Bertz CT molecular complexity index is 497. The van der Waals surface area contributed by atoms with Gasteiger partial charge >= 0.3 is 0 Å². The van der Waals surface area contributed by atoms with Crippen LogP contribution in [0.4, 0.5) is 0 Å². The van der Waals surface area contributed by atoms with E-state index in [9.17, 15) is 4.79 Å². The number of hydrogen-bond acceptors (Lipinski definition) is 3. The molecule has 3 rings (SSSR count). The number of fused-ring (bicyclic) bond motifs is 1. The Hall–Kier alpha value is -1.39. The quantitative estimate of drug-likeness (QED) is 0.881. The van der Waals surface area contributed by atoms with Crippen molar-refractivity contribution in [1.29, 1.82) is 0 Å². The summed E-state index contributed by atoms with van der Waals surface area (Å²) in [6.45, 7) is 7.02. The molecule has 1 fully saturated rings. The fourth-order valence-corrected chi connectivity index (χ4v) is 3.47. The Labute approximate surface area is 126 Å². The van der Waals surface area contributed by atoms with Gasteiger partial charge in [-0.2, -0.15) is 0 Å². The summed E-state index contributed by atoms with van der Waals surface area (Å²) in [5.74, 6) is 0.0947. The molecule has 2 aliphatic rings. The lowest BCUT2D eigenvalue weighted by Crippen LogP contribution is -2.45. The second-order valence-corrected chi connectivity index (χ2v) is 6.30. The summed E-state index contributed by atoms with van der Waals surface area (Å²) in [5.41, 5.74) is 2.43. The number of carbonyl (C=O) groups is 1. The van der Waals surface area contributed by atoms with Crippen molar-refractivity contribution in [2.24, 2.45) is 0 Å². The summed E-state index contributed by atoms with van der Waals surface area (Å²) in [6.07, 6.45) is 2.58. The molecule has 1 aromatic rings. The molecule has 0 saturated carbocycles. The van der Waals surface area contributed by atoms with E-state index in [4.69, 9.17) is 0 Å². The van der Waals surface area contributed by atoms with Crippen LogP contribution in [0.1, 0.15) is 36.8 Å². The first-order valence-electron chi connectivity index (χ1n) is 8.05. The molecule has 1 amide bonds. The molecule has 2 unspecified atom stereocenters. The molecule has 2 heterocycles. The third-order valence-corrected chi connectivity index (χ3v) is 4.53. The summed E-state index contributed by atoms with van der Waals surface area (Å²) in [7, 11) is 0. The predicted molar refractivity (Wildman–Crippen MR) is 84.2 cm³/mol. The minimum atomic E-state index is -0.0593. The van der Waals surface area contributed by atoms with E-state index >= 15 is 0 Å². The van der Waals surface area contributed by atoms with Gasteiger partial charge in [-0.15, -0.1) is 0 Å². The van der Waals surface area contributed by atoms with E-state index in [1.54, 1.807) is 0 Å². The van der Waals surface area contributed by atoms with Crippen LogP contribution >= 0.6 is 0 Å². The van der Waals surface area contributed by atoms with Crippen LogP contribution in [0, 0.1) is 0 Å². The summed E-state index contributed by atoms with van der Waals surface area (Å²) in [5, 5.41) is 6.54. The first kappa shape index (κ1) is 14.5. The Kier molecular flexibility index (Phi) is 4.56. The average molecular weight is 287 g/mol. The molecule has 1 saturated heterocycles. The van der Waals surface area contributed by atoms with E-state index in [-0.39, 0.29) is 17.9 Å². The minimum absolute atomic E-state index is 0.0593. The molecule has 1 aromatic carbocycles. The van der Waals surface area contributed by atoms with Crippen molar-refractivity contribution in [2.45, 2.75) is 38.3 Å². The topological polar surface area (TPSA) is 44.4 Å². The summed E-state index contributed by atoms with van der Waals surface area (Å²) in [4.78, 5) is 15.0. The highest BCUT2D eigenvalue weighted by atomic mass is 16.2. The van der Waals surface area contributed by atoms with Crippen LogP contribution in [-0.2, 0) is 11.3 Å². The van der Waals surface area contributed by atoms with Crippen molar-refractivity contribution in [1.82, 2.24) is 15.5 Å². The van der Waals surface area contributed by atoms with Gasteiger partial charge in [0.1, 0.15) is 0 Å². The van der Waals surface area contributed by atoms with Crippen LogP contribution in [0.15, 0.2) is 24.3 Å². The van der Waals surface area contributed by atoms with Crippen LogP contribution < -0.4 is 10.6 Å². The van der Waals surface area contributed by atoms with Gasteiger partial charge in [0.25, 0.3) is 0 Å². The van der Waals surface area contributed by atoms with Crippen molar-refractivity contribution >= 4 is 5.91 Å². The molecule has 0 bridgehead atoms. The summed E-state index contributed by atoms with van der Waals surface area (Å²) in [6, 6.07) is 8.47. The third kappa shape index (κ3) is 3.44. The molecule has 2 aliphatic heterocycles. The maximum atomic E-state index is 12.6. The first-order chi connectivity index (χ1) is 10.2. The molecule has 0 spiro atoms. The molecule has 0 radical (unpaired) electrons. The molecule has 4 nitrogen and oxygen atoms in total. The zero-order valence-corrected chi connectivity index (χ0v) is 12.8. The smallest absolute Gasteiger partial charge is 0.229 e. The van der Waals surface area contributed by atoms with E-state index in [1.807, 2.05) is 12.1 Å². The number of amides is 1. The normalized spacial score (nSPS) is 23.6.